The van der Waals surface area contributed by atoms with E-state index >= 15 is 0 Å². The minimum Gasteiger partial charge on any atom is -0.346 e. The zero-order chi connectivity index (χ0) is 13.4. The number of halogens is 2. The molecule has 0 saturated heterocycles. The highest BCUT2D eigenvalue weighted by molar-refractivity contribution is 9.10. The highest BCUT2D eigenvalue weighted by Crippen LogP contribution is 2.42. The van der Waals surface area contributed by atoms with Crippen molar-refractivity contribution >= 4 is 39.7 Å². The van der Waals surface area contributed by atoms with Gasteiger partial charge in [-0.25, -0.2) is 4.98 Å². The Labute approximate surface area is 130 Å². The van der Waals surface area contributed by atoms with Gasteiger partial charge in [0.2, 0.25) is 0 Å². The van der Waals surface area contributed by atoms with Crippen LogP contribution in [0.5, 0.6) is 0 Å². The number of H-pyrrole nitrogens is 1. The molecule has 0 atom stereocenters. The molecule has 0 amide bonds. The Kier molecular flexibility index (Phi) is 3.74. The van der Waals surface area contributed by atoms with Gasteiger partial charge in [0.25, 0.3) is 0 Å². The maximum Gasteiger partial charge on any atom is 0.144 e. The average molecular weight is 356 g/mol. The maximum atomic E-state index is 6.18. The molecule has 1 heterocycles. The molecule has 1 fully saturated rings. The number of nitrogens with one attached hydrogen (secondary N) is 1. The van der Waals surface area contributed by atoms with E-state index in [1.807, 2.05) is 24.3 Å². The zero-order valence-electron chi connectivity index (χ0n) is 10.1. The molecule has 0 spiro atoms. The first-order valence-corrected chi connectivity index (χ1v) is 7.75. The molecular formula is C14H12BrClN2S. The molecule has 1 aliphatic rings. The summed E-state index contributed by atoms with van der Waals surface area (Å²) in [6, 6.07) is 7.82. The van der Waals surface area contributed by atoms with Gasteiger partial charge in [-0.05, 0) is 40.4 Å². The highest BCUT2D eigenvalue weighted by atomic mass is 79.9. The summed E-state index contributed by atoms with van der Waals surface area (Å²) in [6.45, 7) is 0. The largest absolute Gasteiger partial charge is 0.346 e. The van der Waals surface area contributed by atoms with Gasteiger partial charge >= 0.3 is 0 Å². The predicted molar refractivity (Wildman–Crippen MR) is 83.4 cm³/mol. The van der Waals surface area contributed by atoms with Gasteiger partial charge in [0.1, 0.15) is 10.5 Å². The standard InChI is InChI=1S/C14H12BrClN2S/c15-12-13(8-5-6-8)17-11(18-14(12)19)7-9-3-1-2-4-10(9)16/h1-4,8H,5-7H2,(H,17,18,19). The van der Waals surface area contributed by atoms with E-state index in [0.717, 1.165) is 20.9 Å². The van der Waals surface area contributed by atoms with Gasteiger partial charge in [-0.2, -0.15) is 0 Å². The van der Waals surface area contributed by atoms with E-state index in [1.165, 1.54) is 18.5 Å². The van der Waals surface area contributed by atoms with E-state index in [9.17, 15) is 0 Å². The van der Waals surface area contributed by atoms with Crippen molar-refractivity contribution in [3.63, 3.8) is 0 Å². The molecule has 3 rings (SSSR count). The fraction of sp³-hybridized carbons (Fsp3) is 0.286. The Morgan fingerprint density at radius 2 is 2.11 bits per heavy atom. The van der Waals surface area contributed by atoms with Crippen molar-refractivity contribution in [3.8, 4) is 0 Å². The first kappa shape index (κ1) is 13.3. The number of hydrogen-bond donors (Lipinski definition) is 1. The van der Waals surface area contributed by atoms with Crippen LogP contribution >= 0.6 is 39.7 Å². The van der Waals surface area contributed by atoms with Gasteiger partial charge in [0.05, 0.1) is 4.47 Å². The van der Waals surface area contributed by atoms with E-state index in [1.54, 1.807) is 0 Å². The smallest absolute Gasteiger partial charge is 0.144 e. The van der Waals surface area contributed by atoms with Crippen molar-refractivity contribution in [1.29, 1.82) is 0 Å². The van der Waals surface area contributed by atoms with Crippen molar-refractivity contribution in [2.24, 2.45) is 0 Å². The summed E-state index contributed by atoms with van der Waals surface area (Å²) in [6.07, 6.45) is 3.12. The molecule has 0 aliphatic heterocycles. The van der Waals surface area contributed by atoms with E-state index in [2.05, 4.69) is 25.9 Å². The van der Waals surface area contributed by atoms with Crippen molar-refractivity contribution in [3.05, 3.63) is 55.5 Å². The minimum absolute atomic E-state index is 0.601. The van der Waals surface area contributed by atoms with Crippen LogP contribution in [0.15, 0.2) is 28.7 Å². The number of aromatic amines is 1. The van der Waals surface area contributed by atoms with Crippen LogP contribution in [0.1, 0.15) is 35.8 Å². The Morgan fingerprint density at radius 1 is 1.37 bits per heavy atom. The van der Waals surface area contributed by atoms with Crippen LogP contribution in [-0.2, 0) is 6.42 Å². The molecule has 1 saturated carbocycles. The quantitative estimate of drug-likeness (QED) is 0.783. The Hall–Kier alpha value is -0.710. The maximum absolute atomic E-state index is 6.18. The van der Waals surface area contributed by atoms with Gasteiger partial charge in [-0.15, -0.1) is 0 Å². The third kappa shape index (κ3) is 2.91. The second kappa shape index (κ2) is 5.35. The first-order chi connectivity index (χ1) is 9.15. The van der Waals surface area contributed by atoms with Crippen LogP contribution in [0.3, 0.4) is 0 Å². The van der Waals surface area contributed by atoms with Crippen molar-refractivity contribution in [2.45, 2.75) is 25.2 Å². The van der Waals surface area contributed by atoms with Crippen LogP contribution in [0.25, 0.3) is 0 Å². The van der Waals surface area contributed by atoms with Gasteiger partial charge < -0.3 is 4.98 Å². The monoisotopic (exact) mass is 354 g/mol. The summed E-state index contributed by atoms with van der Waals surface area (Å²) >= 11 is 15.0. The van der Waals surface area contributed by atoms with E-state index in [0.29, 0.717) is 17.0 Å². The number of nitrogens with zero attached hydrogens (tertiary/aromatic N) is 1. The Morgan fingerprint density at radius 3 is 2.79 bits per heavy atom. The van der Waals surface area contributed by atoms with E-state index in [-0.39, 0.29) is 0 Å². The molecule has 19 heavy (non-hydrogen) atoms. The average Bonchev–Trinajstić information content (AvgIpc) is 3.20. The number of hydrogen-bond acceptors (Lipinski definition) is 2. The third-order valence-electron chi connectivity index (χ3n) is 3.24. The van der Waals surface area contributed by atoms with E-state index in [4.69, 9.17) is 23.8 Å². The minimum atomic E-state index is 0.601. The number of aromatic nitrogens is 2. The topological polar surface area (TPSA) is 28.7 Å². The molecule has 1 N–H and O–H groups in total. The summed E-state index contributed by atoms with van der Waals surface area (Å²) < 4.78 is 1.57. The van der Waals surface area contributed by atoms with Crippen LogP contribution in [-0.4, -0.2) is 9.97 Å². The molecule has 2 nitrogen and oxygen atoms in total. The van der Waals surface area contributed by atoms with Gasteiger partial charge in [0.15, 0.2) is 0 Å². The zero-order valence-corrected chi connectivity index (χ0v) is 13.3. The van der Waals surface area contributed by atoms with Crippen LogP contribution in [0.2, 0.25) is 5.02 Å². The molecule has 0 unspecified atom stereocenters. The SMILES string of the molecule is S=c1nc(Cc2ccccc2Cl)[nH]c(C2CC2)c1Br. The van der Waals surface area contributed by atoms with Crippen LogP contribution < -0.4 is 0 Å². The normalized spacial score (nSPS) is 14.6. The summed E-state index contributed by atoms with van der Waals surface area (Å²) in [7, 11) is 0. The number of benzene rings is 1. The lowest BCUT2D eigenvalue weighted by Crippen LogP contribution is -2.02. The fourth-order valence-corrected chi connectivity index (χ4v) is 3.02. The predicted octanol–water partition coefficient (Wildman–Crippen LogP) is 5.02. The second-order valence-electron chi connectivity index (χ2n) is 4.76. The highest BCUT2D eigenvalue weighted by Gasteiger charge is 2.27. The fourth-order valence-electron chi connectivity index (χ4n) is 2.08. The van der Waals surface area contributed by atoms with Gasteiger partial charge in [-0.3, -0.25) is 0 Å². The molecule has 5 heteroatoms. The number of rotatable bonds is 3. The first-order valence-electron chi connectivity index (χ1n) is 6.17. The van der Waals surface area contributed by atoms with Crippen molar-refractivity contribution < 1.29 is 0 Å². The Bertz CT molecular complexity index is 679. The molecular weight excluding hydrogens is 344 g/mol. The summed E-state index contributed by atoms with van der Waals surface area (Å²) in [5, 5.41) is 0.763. The molecule has 98 valence electrons. The van der Waals surface area contributed by atoms with E-state index < -0.39 is 0 Å². The molecule has 1 aromatic carbocycles. The summed E-state index contributed by atoms with van der Waals surface area (Å²) in [5.74, 6) is 1.48. The second-order valence-corrected chi connectivity index (χ2v) is 6.35. The lowest BCUT2D eigenvalue weighted by atomic mass is 10.1. The van der Waals surface area contributed by atoms with Gasteiger partial charge in [-0.1, -0.05) is 42.0 Å². The molecule has 0 bridgehead atoms. The van der Waals surface area contributed by atoms with Crippen LogP contribution in [0.4, 0.5) is 0 Å². The third-order valence-corrected chi connectivity index (χ3v) is 4.97. The Balaban J connectivity index is 1.97. The molecule has 1 aromatic heterocycles. The molecule has 2 aromatic rings. The van der Waals surface area contributed by atoms with Crippen LogP contribution in [0, 0.1) is 4.64 Å². The van der Waals surface area contributed by atoms with Crippen molar-refractivity contribution in [1.82, 2.24) is 9.97 Å². The van der Waals surface area contributed by atoms with Gasteiger partial charge in [0, 0.05) is 23.1 Å². The summed E-state index contributed by atoms with van der Waals surface area (Å²) in [5.41, 5.74) is 2.24. The molecule has 0 radical (unpaired) electrons. The lowest BCUT2D eigenvalue weighted by molar-refractivity contribution is 0.883. The molecule has 1 aliphatic carbocycles. The summed E-state index contributed by atoms with van der Waals surface area (Å²) in [4.78, 5) is 7.84. The van der Waals surface area contributed by atoms with Crippen molar-refractivity contribution in [2.75, 3.05) is 0 Å². The lowest BCUT2D eigenvalue weighted by Gasteiger charge is -2.08.